The first-order valence-electron chi connectivity index (χ1n) is 12.2. The van der Waals surface area contributed by atoms with E-state index in [9.17, 15) is 14.4 Å². The molecular weight excluding hydrogens is 517 g/mol. The molecule has 1 aromatic heterocycles. The van der Waals surface area contributed by atoms with E-state index in [1.165, 1.54) is 32.5 Å². The number of benzene rings is 3. The Kier molecular flexibility index (Phi) is 7.15. The van der Waals surface area contributed by atoms with Crippen molar-refractivity contribution in [1.29, 1.82) is 0 Å². The number of nitrogens with one attached hydrogen (secondary N) is 2. The fourth-order valence-electron chi connectivity index (χ4n) is 4.55. The lowest BCUT2D eigenvalue weighted by molar-refractivity contribution is -0.137. The van der Waals surface area contributed by atoms with Crippen molar-refractivity contribution in [1.82, 2.24) is 10.3 Å². The molecule has 4 aromatic rings. The number of ether oxygens (including phenoxy) is 3. The Morgan fingerprint density at radius 1 is 0.950 bits per heavy atom. The summed E-state index contributed by atoms with van der Waals surface area (Å²) in [7, 11) is 3.01. The third kappa shape index (κ3) is 4.94. The van der Waals surface area contributed by atoms with Gasteiger partial charge in [-0.1, -0.05) is 36.4 Å². The highest BCUT2D eigenvalue weighted by molar-refractivity contribution is 6.40. The van der Waals surface area contributed by atoms with Crippen molar-refractivity contribution in [3.05, 3.63) is 96.0 Å². The van der Waals surface area contributed by atoms with Crippen LogP contribution < -0.4 is 24.8 Å². The Morgan fingerprint density at radius 3 is 2.48 bits per heavy atom. The van der Waals surface area contributed by atoms with Gasteiger partial charge in [0.15, 0.2) is 29.4 Å². The van der Waals surface area contributed by atoms with E-state index in [-0.39, 0.29) is 11.4 Å². The lowest BCUT2D eigenvalue weighted by Gasteiger charge is -2.31. The van der Waals surface area contributed by atoms with Crippen molar-refractivity contribution in [2.75, 3.05) is 19.5 Å². The van der Waals surface area contributed by atoms with E-state index in [1.807, 2.05) is 12.1 Å². The number of fused-ring (bicyclic) bond motifs is 2. The van der Waals surface area contributed by atoms with Crippen LogP contribution in [-0.2, 0) is 26.3 Å². The quantitative estimate of drug-likeness (QED) is 0.202. The zero-order valence-electron chi connectivity index (χ0n) is 21.6. The molecule has 3 aromatic carbocycles. The summed E-state index contributed by atoms with van der Waals surface area (Å²) in [5.74, 6) is -1.76. The molecule has 40 heavy (non-hydrogen) atoms. The van der Waals surface area contributed by atoms with Crippen molar-refractivity contribution in [2.45, 2.75) is 12.0 Å². The molecule has 202 valence electrons. The maximum atomic E-state index is 15.0. The SMILES string of the molecule is COc1cc2nccc(Oc3ccc(NC(=O)C(=O)NC4(C=O)C=CCc5ccccc54)cc3F)c2cc1OC. The number of rotatable bonds is 7. The first kappa shape index (κ1) is 26.4. The summed E-state index contributed by atoms with van der Waals surface area (Å²) in [5.41, 5.74) is 0.535. The highest BCUT2D eigenvalue weighted by Crippen LogP contribution is 2.37. The van der Waals surface area contributed by atoms with Gasteiger partial charge in [0.1, 0.15) is 11.3 Å². The van der Waals surface area contributed by atoms with Gasteiger partial charge in [0, 0.05) is 29.4 Å². The number of hydrogen-bond acceptors (Lipinski definition) is 7. The maximum Gasteiger partial charge on any atom is 0.313 e. The number of carbonyl (C=O) groups is 3. The zero-order valence-corrected chi connectivity index (χ0v) is 21.6. The largest absolute Gasteiger partial charge is 0.493 e. The van der Waals surface area contributed by atoms with Crippen molar-refractivity contribution < 1.29 is 33.0 Å². The van der Waals surface area contributed by atoms with E-state index in [0.29, 0.717) is 46.4 Å². The Labute approximate surface area is 228 Å². The lowest BCUT2D eigenvalue weighted by atomic mass is 9.82. The van der Waals surface area contributed by atoms with Crippen molar-refractivity contribution in [3.8, 4) is 23.0 Å². The second kappa shape index (κ2) is 10.9. The van der Waals surface area contributed by atoms with Crippen molar-refractivity contribution in [3.63, 3.8) is 0 Å². The van der Waals surface area contributed by atoms with Crippen LogP contribution in [0.15, 0.2) is 79.0 Å². The van der Waals surface area contributed by atoms with E-state index in [1.54, 1.807) is 42.5 Å². The molecule has 0 saturated carbocycles. The molecule has 0 bridgehead atoms. The van der Waals surface area contributed by atoms with Gasteiger partial charge in [-0.2, -0.15) is 0 Å². The monoisotopic (exact) mass is 541 g/mol. The number of methoxy groups -OCH3 is 2. The van der Waals surface area contributed by atoms with Crippen LogP contribution in [0.4, 0.5) is 10.1 Å². The van der Waals surface area contributed by atoms with Gasteiger partial charge in [0.25, 0.3) is 0 Å². The average Bonchev–Trinajstić information content (AvgIpc) is 2.98. The number of amides is 2. The molecular formula is C30H24FN3O6. The summed E-state index contributed by atoms with van der Waals surface area (Å²) in [4.78, 5) is 41.8. The summed E-state index contributed by atoms with van der Waals surface area (Å²) in [5, 5.41) is 5.43. The van der Waals surface area contributed by atoms with E-state index in [4.69, 9.17) is 14.2 Å². The molecule has 1 unspecified atom stereocenters. The second-order valence-electron chi connectivity index (χ2n) is 8.94. The number of aldehydes is 1. The number of aromatic nitrogens is 1. The van der Waals surface area contributed by atoms with Crippen molar-refractivity contribution >= 4 is 34.7 Å². The minimum atomic E-state index is -1.48. The third-order valence-electron chi connectivity index (χ3n) is 6.51. The van der Waals surface area contributed by atoms with Crippen LogP contribution in [0.3, 0.4) is 0 Å². The normalized spacial score (nSPS) is 15.6. The summed E-state index contributed by atoms with van der Waals surface area (Å²) in [6.45, 7) is 0. The zero-order chi connectivity index (χ0) is 28.3. The molecule has 0 radical (unpaired) electrons. The predicted molar refractivity (Wildman–Crippen MR) is 145 cm³/mol. The minimum absolute atomic E-state index is 0.0238. The summed E-state index contributed by atoms with van der Waals surface area (Å²) >= 11 is 0. The predicted octanol–water partition coefficient (Wildman–Crippen LogP) is 4.44. The van der Waals surface area contributed by atoms with Crippen LogP contribution in [-0.4, -0.2) is 37.3 Å². The molecule has 0 spiro atoms. The first-order chi connectivity index (χ1) is 19.4. The van der Waals surface area contributed by atoms with E-state index >= 15 is 4.39 Å². The smallest absolute Gasteiger partial charge is 0.313 e. The van der Waals surface area contributed by atoms with Gasteiger partial charge in [-0.15, -0.1) is 0 Å². The number of pyridine rings is 1. The summed E-state index contributed by atoms with van der Waals surface area (Å²) in [6, 6.07) is 15.8. The first-order valence-corrected chi connectivity index (χ1v) is 12.2. The van der Waals surface area contributed by atoms with Crippen LogP contribution in [0.25, 0.3) is 10.9 Å². The van der Waals surface area contributed by atoms with Crippen LogP contribution in [0.5, 0.6) is 23.0 Å². The molecule has 2 amide bonds. The van der Waals surface area contributed by atoms with E-state index in [0.717, 1.165) is 11.6 Å². The van der Waals surface area contributed by atoms with Crippen LogP contribution in [0, 0.1) is 5.82 Å². The number of halogens is 1. The highest BCUT2D eigenvalue weighted by atomic mass is 19.1. The second-order valence-corrected chi connectivity index (χ2v) is 8.94. The number of nitrogens with zero attached hydrogens (tertiary/aromatic N) is 1. The van der Waals surface area contributed by atoms with Gasteiger partial charge in [-0.05, 0) is 41.8 Å². The third-order valence-corrected chi connectivity index (χ3v) is 6.51. The van der Waals surface area contributed by atoms with E-state index < -0.39 is 23.2 Å². The molecule has 1 aliphatic rings. The Bertz CT molecular complexity index is 1670. The van der Waals surface area contributed by atoms with Crippen LogP contribution >= 0.6 is 0 Å². The molecule has 0 saturated heterocycles. The number of carbonyl (C=O) groups excluding carboxylic acids is 3. The highest BCUT2D eigenvalue weighted by Gasteiger charge is 2.36. The topological polar surface area (TPSA) is 116 Å². The van der Waals surface area contributed by atoms with Gasteiger partial charge in [0.05, 0.1) is 19.7 Å². The molecule has 0 fully saturated rings. The molecule has 1 heterocycles. The number of anilines is 1. The summed E-state index contributed by atoms with van der Waals surface area (Å²) in [6.07, 6.45) is 5.99. The molecule has 5 rings (SSSR count). The van der Waals surface area contributed by atoms with Gasteiger partial charge in [-0.3, -0.25) is 19.4 Å². The fraction of sp³-hybridized carbons (Fsp3) is 0.133. The van der Waals surface area contributed by atoms with E-state index in [2.05, 4.69) is 15.6 Å². The molecule has 1 aliphatic carbocycles. The van der Waals surface area contributed by atoms with Crippen LogP contribution in [0.1, 0.15) is 11.1 Å². The molecule has 2 N–H and O–H groups in total. The van der Waals surface area contributed by atoms with Gasteiger partial charge in [0.2, 0.25) is 0 Å². The van der Waals surface area contributed by atoms with Gasteiger partial charge in [-0.25, -0.2) is 4.39 Å². The lowest BCUT2D eigenvalue weighted by Crippen LogP contribution is -2.51. The molecule has 9 nitrogen and oxygen atoms in total. The Hall–Kier alpha value is -5.25. The standard InChI is InChI=1S/C30H24FN3O6/c1-38-26-15-20-23(16-27(26)39-2)32-13-11-24(20)40-25-10-9-19(14-22(25)31)33-28(36)29(37)34-30(17-35)12-5-7-18-6-3-4-8-21(18)30/h3-6,8-17H,7H2,1-2H3,(H,33,36)(H,34,37). The Morgan fingerprint density at radius 2 is 1.73 bits per heavy atom. The number of allylic oxidation sites excluding steroid dienone is 1. The fourth-order valence-corrected chi connectivity index (χ4v) is 4.55. The molecule has 10 heteroatoms. The van der Waals surface area contributed by atoms with Gasteiger partial charge < -0.3 is 24.8 Å². The molecule has 1 atom stereocenters. The Balaban J connectivity index is 1.32. The van der Waals surface area contributed by atoms with Gasteiger partial charge >= 0.3 is 11.8 Å². The number of hydrogen-bond donors (Lipinski definition) is 2. The van der Waals surface area contributed by atoms with Crippen molar-refractivity contribution in [2.24, 2.45) is 0 Å². The molecule has 0 aliphatic heterocycles. The summed E-state index contributed by atoms with van der Waals surface area (Å²) < 4.78 is 31.5. The maximum absolute atomic E-state index is 15.0. The minimum Gasteiger partial charge on any atom is -0.493 e. The van der Waals surface area contributed by atoms with Crippen LogP contribution in [0.2, 0.25) is 0 Å². The average molecular weight is 542 g/mol.